The van der Waals surface area contributed by atoms with Crippen molar-refractivity contribution in [3.8, 4) is 22.9 Å². The summed E-state index contributed by atoms with van der Waals surface area (Å²) in [5.41, 5.74) is 4.07. The minimum atomic E-state index is -0.274. The van der Waals surface area contributed by atoms with Crippen LogP contribution in [-0.4, -0.2) is 44.9 Å². The van der Waals surface area contributed by atoms with Crippen LogP contribution in [0.2, 0.25) is 0 Å². The lowest BCUT2D eigenvalue weighted by Gasteiger charge is -2.04. The number of rotatable bonds is 7. The third kappa shape index (κ3) is 5.36. The number of carbonyl (C=O) groups excluding carboxylic acids is 1. The van der Waals surface area contributed by atoms with Crippen LogP contribution in [0.5, 0.6) is 11.5 Å². The number of hydrogen-bond acceptors (Lipinski definition) is 7. The second-order valence-electron chi connectivity index (χ2n) is 5.89. The summed E-state index contributed by atoms with van der Waals surface area (Å²) in [4.78, 5) is 12.0. The summed E-state index contributed by atoms with van der Waals surface area (Å²) in [6, 6.07) is 12.5. The first kappa shape index (κ1) is 20.9. The van der Waals surface area contributed by atoms with Gasteiger partial charge in [-0.05, 0) is 35.9 Å². The molecule has 0 radical (unpaired) electrons. The summed E-state index contributed by atoms with van der Waals surface area (Å²) in [6.45, 7) is 0. The molecule has 10 heteroatoms. The predicted molar refractivity (Wildman–Crippen MR) is 115 cm³/mol. The van der Waals surface area contributed by atoms with Crippen molar-refractivity contribution >= 4 is 39.8 Å². The molecular weight excluding hydrogens is 458 g/mol. The lowest BCUT2D eigenvalue weighted by molar-refractivity contribution is -0.118. The van der Waals surface area contributed by atoms with Crippen LogP contribution < -0.4 is 10.2 Å². The molecule has 0 saturated carbocycles. The Morgan fingerprint density at radius 2 is 2.17 bits per heavy atom. The normalized spacial score (nSPS) is 11.0. The molecule has 3 rings (SSSR count). The Morgan fingerprint density at radius 3 is 2.93 bits per heavy atom. The number of methoxy groups -OCH3 is 1. The van der Waals surface area contributed by atoms with E-state index in [1.165, 1.54) is 31.2 Å². The number of thioether (sulfide) groups is 1. The maximum Gasteiger partial charge on any atom is 0.250 e. The van der Waals surface area contributed by atoms with E-state index >= 15 is 0 Å². The van der Waals surface area contributed by atoms with E-state index in [1.54, 1.807) is 12.1 Å². The van der Waals surface area contributed by atoms with Crippen LogP contribution in [0.25, 0.3) is 11.4 Å². The molecule has 0 fully saturated rings. The fourth-order valence-corrected chi connectivity index (χ4v) is 3.54. The molecule has 2 N–H and O–H groups in total. The molecule has 0 spiro atoms. The van der Waals surface area contributed by atoms with Gasteiger partial charge in [0.05, 0.1) is 19.1 Å². The van der Waals surface area contributed by atoms with Gasteiger partial charge >= 0.3 is 0 Å². The highest BCUT2D eigenvalue weighted by atomic mass is 79.9. The minimum Gasteiger partial charge on any atom is -0.504 e. The van der Waals surface area contributed by atoms with Gasteiger partial charge in [0, 0.05) is 17.1 Å². The number of nitrogens with one attached hydrogen (secondary N) is 1. The Kier molecular flexibility index (Phi) is 6.89. The number of benzene rings is 2. The topological polar surface area (TPSA) is 102 Å². The SMILES string of the molecule is COc1cc(/C=N/NC(=O)CSc2nnc(-c3cccc(Br)c3)n2C)ccc1O. The van der Waals surface area contributed by atoms with Crippen molar-refractivity contribution in [3.05, 3.63) is 52.5 Å². The standard InChI is InChI=1S/C19H18BrN5O3S/c1-25-18(13-4-3-5-14(20)9-13)23-24-19(25)29-11-17(27)22-21-10-12-6-7-15(26)16(8-12)28-2/h3-10,26H,11H2,1-2H3,(H,22,27)/b21-10+. The molecule has 29 heavy (non-hydrogen) atoms. The number of aromatic hydroxyl groups is 1. The third-order valence-electron chi connectivity index (χ3n) is 3.86. The van der Waals surface area contributed by atoms with Crippen molar-refractivity contribution in [1.29, 1.82) is 0 Å². The van der Waals surface area contributed by atoms with Crippen LogP contribution >= 0.6 is 27.7 Å². The predicted octanol–water partition coefficient (Wildman–Crippen LogP) is 3.20. The number of phenolic OH excluding ortho intramolecular Hbond substituents is 1. The average Bonchev–Trinajstić information content (AvgIpc) is 3.08. The van der Waals surface area contributed by atoms with Gasteiger partial charge in [0.2, 0.25) is 0 Å². The summed E-state index contributed by atoms with van der Waals surface area (Å²) in [5.74, 6) is 0.952. The number of amides is 1. The van der Waals surface area contributed by atoms with Crippen molar-refractivity contribution in [2.75, 3.05) is 12.9 Å². The molecule has 2 aromatic carbocycles. The van der Waals surface area contributed by atoms with Crippen molar-refractivity contribution < 1.29 is 14.6 Å². The zero-order valence-electron chi connectivity index (χ0n) is 15.7. The number of hydrogen-bond donors (Lipinski definition) is 2. The number of ether oxygens (including phenoxy) is 1. The Balaban J connectivity index is 1.56. The largest absolute Gasteiger partial charge is 0.504 e. The second-order valence-corrected chi connectivity index (χ2v) is 7.75. The molecule has 150 valence electrons. The van der Waals surface area contributed by atoms with Crippen LogP contribution in [0.1, 0.15) is 5.56 Å². The van der Waals surface area contributed by atoms with Crippen molar-refractivity contribution in [1.82, 2.24) is 20.2 Å². The molecule has 0 aliphatic heterocycles. The summed E-state index contributed by atoms with van der Waals surface area (Å²) < 4.78 is 7.83. The van der Waals surface area contributed by atoms with Gasteiger partial charge in [-0.15, -0.1) is 10.2 Å². The maximum absolute atomic E-state index is 12.0. The summed E-state index contributed by atoms with van der Waals surface area (Å²) in [6.07, 6.45) is 1.47. The third-order valence-corrected chi connectivity index (χ3v) is 5.37. The molecular formula is C19H18BrN5O3S. The van der Waals surface area contributed by atoms with Gasteiger partial charge in [-0.1, -0.05) is 39.8 Å². The first-order chi connectivity index (χ1) is 14.0. The van der Waals surface area contributed by atoms with E-state index in [0.29, 0.717) is 22.3 Å². The van der Waals surface area contributed by atoms with Gasteiger partial charge in [0.25, 0.3) is 5.91 Å². The fraction of sp³-hybridized carbons (Fsp3) is 0.158. The molecule has 0 aliphatic carbocycles. The molecule has 1 heterocycles. The zero-order valence-corrected chi connectivity index (χ0v) is 18.1. The first-order valence-electron chi connectivity index (χ1n) is 8.45. The van der Waals surface area contributed by atoms with E-state index < -0.39 is 0 Å². The van der Waals surface area contributed by atoms with Gasteiger partial charge in [0.1, 0.15) is 0 Å². The van der Waals surface area contributed by atoms with E-state index in [9.17, 15) is 9.90 Å². The van der Waals surface area contributed by atoms with Gasteiger partial charge in [0.15, 0.2) is 22.5 Å². The quantitative estimate of drug-likeness (QED) is 0.309. The Bertz CT molecular complexity index is 1050. The lowest BCUT2D eigenvalue weighted by Crippen LogP contribution is -2.19. The summed E-state index contributed by atoms with van der Waals surface area (Å²) in [5, 5.41) is 22.5. The molecule has 1 aromatic heterocycles. The van der Waals surface area contributed by atoms with Crippen molar-refractivity contribution in [2.24, 2.45) is 12.1 Å². The fourth-order valence-electron chi connectivity index (χ4n) is 2.44. The van der Waals surface area contributed by atoms with Crippen LogP contribution in [0.15, 0.2) is 57.2 Å². The van der Waals surface area contributed by atoms with E-state index in [0.717, 1.165) is 10.0 Å². The number of nitrogens with zero attached hydrogens (tertiary/aromatic N) is 4. The van der Waals surface area contributed by atoms with Crippen LogP contribution in [0.4, 0.5) is 0 Å². The molecule has 3 aromatic rings. The second kappa shape index (κ2) is 9.57. The van der Waals surface area contributed by atoms with E-state index in [-0.39, 0.29) is 17.4 Å². The highest BCUT2D eigenvalue weighted by molar-refractivity contribution is 9.10. The minimum absolute atomic E-state index is 0.0380. The Morgan fingerprint density at radius 1 is 1.34 bits per heavy atom. The van der Waals surface area contributed by atoms with Gasteiger partial charge < -0.3 is 14.4 Å². The highest BCUT2D eigenvalue weighted by Gasteiger charge is 2.13. The molecule has 0 aliphatic rings. The molecule has 0 saturated heterocycles. The number of carbonyl (C=O) groups is 1. The number of phenols is 1. The maximum atomic E-state index is 12.0. The molecule has 1 amide bonds. The molecule has 0 unspecified atom stereocenters. The smallest absolute Gasteiger partial charge is 0.250 e. The van der Waals surface area contributed by atoms with Crippen LogP contribution in [0, 0.1) is 0 Å². The van der Waals surface area contributed by atoms with E-state index in [4.69, 9.17) is 4.74 Å². The lowest BCUT2D eigenvalue weighted by atomic mass is 10.2. The Hall–Kier alpha value is -2.85. The van der Waals surface area contributed by atoms with Gasteiger partial charge in [-0.3, -0.25) is 4.79 Å². The molecule has 0 bridgehead atoms. The van der Waals surface area contributed by atoms with Crippen LogP contribution in [-0.2, 0) is 11.8 Å². The Labute approximate surface area is 180 Å². The van der Waals surface area contributed by atoms with Crippen molar-refractivity contribution in [3.63, 3.8) is 0 Å². The monoisotopic (exact) mass is 475 g/mol. The number of hydrazone groups is 1. The first-order valence-corrected chi connectivity index (χ1v) is 10.2. The summed E-state index contributed by atoms with van der Waals surface area (Å²) >= 11 is 4.71. The van der Waals surface area contributed by atoms with E-state index in [1.807, 2.05) is 35.9 Å². The number of aromatic nitrogens is 3. The van der Waals surface area contributed by atoms with E-state index in [2.05, 4.69) is 36.7 Å². The van der Waals surface area contributed by atoms with Gasteiger partial charge in [-0.2, -0.15) is 5.10 Å². The highest BCUT2D eigenvalue weighted by Crippen LogP contribution is 2.26. The molecule has 0 atom stereocenters. The number of halogens is 1. The summed E-state index contributed by atoms with van der Waals surface area (Å²) in [7, 11) is 3.32. The van der Waals surface area contributed by atoms with Crippen LogP contribution in [0.3, 0.4) is 0 Å². The zero-order chi connectivity index (χ0) is 20.8. The molecule has 8 nitrogen and oxygen atoms in total. The van der Waals surface area contributed by atoms with Gasteiger partial charge in [-0.25, -0.2) is 5.43 Å². The average molecular weight is 476 g/mol. The van der Waals surface area contributed by atoms with Crippen molar-refractivity contribution in [2.45, 2.75) is 5.16 Å².